The summed E-state index contributed by atoms with van der Waals surface area (Å²) in [5.41, 5.74) is 2.67. The Bertz CT molecular complexity index is 626. The largest absolute Gasteiger partial charge is 0.378 e. The highest BCUT2D eigenvalue weighted by molar-refractivity contribution is 9.10. The van der Waals surface area contributed by atoms with E-state index in [2.05, 4.69) is 20.9 Å². The Kier molecular flexibility index (Phi) is 4.96. The van der Waals surface area contributed by atoms with Gasteiger partial charge in [-0.15, -0.1) is 0 Å². The number of hydrogen-bond donors (Lipinski definition) is 0. The van der Waals surface area contributed by atoms with Crippen LogP contribution in [0.1, 0.15) is 16.1 Å². The Balaban J connectivity index is 2.07. The average molecular weight is 348 g/mol. The fourth-order valence-corrected chi connectivity index (χ4v) is 2.31. The summed E-state index contributed by atoms with van der Waals surface area (Å²) in [5.74, 6) is -0.0898. The first-order valence-corrected chi connectivity index (χ1v) is 7.41. The number of hydrogen-bond acceptors (Lipinski definition) is 3. The highest BCUT2D eigenvalue weighted by atomic mass is 79.9. The zero-order chi connectivity index (χ0) is 15.4. The predicted octanol–water partition coefficient (Wildman–Crippen LogP) is 3.18. The van der Waals surface area contributed by atoms with Gasteiger partial charge in [0.1, 0.15) is 10.3 Å². The SMILES string of the molecule is CN(Cc1ccc(N(C)C)cc1)C(=O)c1cccc(Br)n1. The van der Waals surface area contributed by atoms with Gasteiger partial charge in [-0.05, 0) is 45.8 Å². The second-order valence-corrected chi connectivity index (χ2v) is 5.88. The first-order chi connectivity index (χ1) is 9.97. The van der Waals surface area contributed by atoms with Gasteiger partial charge in [-0.3, -0.25) is 4.79 Å². The van der Waals surface area contributed by atoms with E-state index in [4.69, 9.17) is 0 Å². The normalized spacial score (nSPS) is 10.3. The van der Waals surface area contributed by atoms with Gasteiger partial charge in [0, 0.05) is 33.4 Å². The molecule has 1 aromatic carbocycles. The van der Waals surface area contributed by atoms with Crippen molar-refractivity contribution in [1.82, 2.24) is 9.88 Å². The third kappa shape index (κ3) is 4.04. The molecule has 0 atom stereocenters. The zero-order valence-corrected chi connectivity index (χ0v) is 14.0. The molecule has 0 aliphatic rings. The second kappa shape index (κ2) is 6.72. The molecular weight excluding hydrogens is 330 g/mol. The van der Waals surface area contributed by atoms with E-state index in [1.54, 1.807) is 24.1 Å². The third-order valence-electron chi connectivity index (χ3n) is 3.15. The molecule has 2 rings (SSSR count). The number of nitrogens with zero attached hydrogens (tertiary/aromatic N) is 3. The molecule has 0 radical (unpaired) electrons. The van der Waals surface area contributed by atoms with Crippen molar-refractivity contribution in [2.24, 2.45) is 0 Å². The molecule has 0 aliphatic carbocycles. The van der Waals surface area contributed by atoms with E-state index >= 15 is 0 Å². The minimum absolute atomic E-state index is 0.0898. The molecule has 1 heterocycles. The highest BCUT2D eigenvalue weighted by Crippen LogP contribution is 2.14. The molecule has 2 aromatic rings. The summed E-state index contributed by atoms with van der Waals surface area (Å²) in [7, 11) is 5.79. The number of benzene rings is 1. The van der Waals surface area contributed by atoms with Gasteiger partial charge >= 0.3 is 0 Å². The molecule has 0 saturated carbocycles. The van der Waals surface area contributed by atoms with Crippen molar-refractivity contribution in [2.75, 3.05) is 26.0 Å². The van der Waals surface area contributed by atoms with Crippen LogP contribution >= 0.6 is 15.9 Å². The van der Waals surface area contributed by atoms with Gasteiger partial charge in [-0.2, -0.15) is 0 Å². The van der Waals surface area contributed by atoms with Crippen molar-refractivity contribution in [2.45, 2.75) is 6.54 Å². The quantitative estimate of drug-likeness (QED) is 0.797. The molecule has 0 aliphatic heterocycles. The smallest absolute Gasteiger partial charge is 0.272 e. The van der Waals surface area contributed by atoms with E-state index < -0.39 is 0 Å². The average Bonchev–Trinajstić information content (AvgIpc) is 2.47. The summed E-state index contributed by atoms with van der Waals surface area (Å²) in [4.78, 5) is 20.2. The monoisotopic (exact) mass is 347 g/mol. The van der Waals surface area contributed by atoms with Gasteiger partial charge in [-0.25, -0.2) is 4.98 Å². The lowest BCUT2D eigenvalue weighted by Gasteiger charge is -2.18. The number of anilines is 1. The van der Waals surface area contributed by atoms with Gasteiger partial charge in [0.25, 0.3) is 5.91 Å². The van der Waals surface area contributed by atoms with Gasteiger partial charge < -0.3 is 9.80 Å². The van der Waals surface area contributed by atoms with Crippen LogP contribution in [0.4, 0.5) is 5.69 Å². The Hall–Kier alpha value is -1.88. The van der Waals surface area contributed by atoms with E-state index in [1.807, 2.05) is 49.3 Å². The Labute approximate surface area is 133 Å². The molecule has 0 bridgehead atoms. The van der Waals surface area contributed by atoms with E-state index in [-0.39, 0.29) is 5.91 Å². The summed E-state index contributed by atoms with van der Waals surface area (Å²) in [6.07, 6.45) is 0. The number of halogens is 1. The summed E-state index contributed by atoms with van der Waals surface area (Å²) in [6, 6.07) is 13.5. The minimum atomic E-state index is -0.0898. The van der Waals surface area contributed by atoms with E-state index in [1.165, 1.54) is 0 Å². The molecule has 0 fully saturated rings. The third-order valence-corrected chi connectivity index (χ3v) is 3.60. The predicted molar refractivity (Wildman–Crippen MR) is 88.5 cm³/mol. The Morgan fingerprint density at radius 2 is 1.76 bits per heavy atom. The topological polar surface area (TPSA) is 36.4 Å². The summed E-state index contributed by atoms with van der Waals surface area (Å²) >= 11 is 3.28. The lowest BCUT2D eigenvalue weighted by molar-refractivity contribution is 0.0779. The standard InChI is InChI=1S/C16H18BrN3O/c1-19(2)13-9-7-12(8-10-13)11-20(3)16(21)14-5-4-6-15(17)18-14/h4-10H,11H2,1-3H3. The summed E-state index contributed by atoms with van der Waals surface area (Å²) in [6.45, 7) is 0.556. The van der Waals surface area contributed by atoms with Gasteiger partial charge in [0.2, 0.25) is 0 Å². The number of aromatic nitrogens is 1. The van der Waals surface area contributed by atoms with Crippen LogP contribution in [-0.4, -0.2) is 36.9 Å². The Morgan fingerprint density at radius 3 is 2.33 bits per heavy atom. The van der Waals surface area contributed by atoms with Crippen LogP contribution in [-0.2, 0) is 6.54 Å². The first-order valence-electron chi connectivity index (χ1n) is 6.61. The molecular formula is C16H18BrN3O. The van der Waals surface area contributed by atoms with Gasteiger partial charge in [0.05, 0.1) is 0 Å². The number of pyridine rings is 1. The van der Waals surface area contributed by atoms with Crippen molar-refractivity contribution in [3.8, 4) is 0 Å². The van der Waals surface area contributed by atoms with E-state index in [0.29, 0.717) is 16.8 Å². The first kappa shape index (κ1) is 15.5. The number of carbonyl (C=O) groups is 1. The molecule has 110 valence electrons. The fourth-order valence-electron chi connectivity index (χ4n) is 1.97. The summed E-state index contributed by atoms with van der Waals surface area (Å²) in [5, 5.41) is 0. The maximum atomic E-state index is 12.3. The van der Waals surface area contributed by atoms with Crippen molar-refractivity contribution in [1.29, 1.82) is 0 Å². The van der Waals surface area contributed by atoms with E-state index in [9.17, 15) is 4.79 Å². The summed E-state index contributed by atoms with van der Waals surface area (Å²) < 4.78 is 0.664. The molecule has 0 spiro atoms. The van der Waals surface area contributed by atoms with Crippen LogP contribution < -0.4 is 4.90 Å². The number of amides is 1. The second-order valence-electron chi connectivity index (χ2n) is 5.07. The lowest BCUT2D eigenvalue weighted by atomic mass is 10.2. The number of rotatable bonds is 4. The molecule has 0 unspecified atom stereocenters. The van der Waals surface area contributed by atoms with Crippen molar-refractivity contribution in [3.63, 3.8) is 0 Å². The lowest BCUT2D eigenvalue weighted by Crippen LogP contribution is -2.27. The maximum absolute atomic E-state index is 12.3. The Morgan fingerprint density at radius 1 is 1.10 bits per heavy atom. The van der Waals surface area contributed by atoms with Crippen LogP contribution in [0.5, 0.6) is 0 Å². The fraction of sp³-hybridized carbons (Fsp3) is 0.250. The van der Waals surface area contributed by atoms with Crippen molar-refractivity contribution in [3.05, 3.63) is 58.3 Å². The minimum Gasteiger partial charge on any atom is -0.378 e. The maximum Gasteiger partial charge on any atom is 0.272 e. The van der Waals surface area contributed by atoms with E-state index in [0.717, 1.165) is 11.3 Å². The molecule has 21 heavy (non-hydrogen) atoms. The number of carbonyl (C=O) groups excluding carboxylic acids is 1. The van der Waals surface area contributed by atoms with Crippen LogP contribution in [0, 0.1) is 0 Å². The zero-order valence-electron chi connectivity index (χ0n) is 12.4. The van der Waals surface area contributed by atoms with Crippen LogP contribution in [0.25, 0.3) is 0 Å². The van der Waals surface area contributed by atoms with Crippen molar-refractivity contribution >= 4 is 27.5 Å². The van der Waals surface area contributed by atoms with Crippen molar-refractivity contribution < 1.29 is 4.79 Å². The molecule has 5 heteroatoms. The highest BCUT2D eigenvalue weighted by Gasteiger charge is 2.13. The van der Waals surface area contributed by atoms with Crippen LogP contribution in [0.3, 0.4) is 0 Å². The molecule has 1 aromatic heterocycles. The molecule has 4 nitrogen and oxygen atoms in total. The molecule has 1 amide bonds. The van der Waals surface area contributed by atoms with Crippen LogP contribution in [0.15, 0.2) is 47.1 Å². The molecule has 0 saturated heterocycles. The van der Waals surface area contributed by atoms with Gasteiger partial charge in [0.15, 0.2) is 0 Å². The molecule has 0 N–H and O–H groups in total. The van der Waals surface area contributed by atoms with Crippen LogP contribution in [0.2, 0.25) is 0 Å². The van der Waals surface area contributed by atoms with Gasteiger partial charge in [-0.1, -0.05) is 18.2 Å².